The quantitative estimate of drug-likeness (QED) is 0.428. The summed E-state index contributed by atoms with van der Waals surface area (Å²) >= 11 is 0. The van der Waals surface area contributed by atoms with E-state index < -0.39 is 11.7 Å². The second-order valence-corrected chi connectivity index (χ2v) is 8.79. The fourth-order valence-corrected chi connectivity index (χ4v) is 3.61. The number of benzene rings is 2. The number of nitrogens with zero attached hydrogens (tertiary/aromatic N) is 2. The molecule has 168 valence electrons. The number of carbonyl (C=O) groups excluding carboxylic acids is 1. The van der Waals surface area contributed by atoms with E-state index in [9.17, 15) is 9.90 Å². The minimum Gasteiger partial charge on any atom is -0.444 e. The molecule has 0 bridgehead atoms. The third-order valence-corrected chi connectivity index (χ3v) is 5.12. The third-order valence-electron chi connectivity index (χ3n) is 5.12. The number of hydrogen-bond donors (Lipinski definition) is 2. The summed E-state index contributed by atoms with van der Waals surface area (Å²) in [6, 6.07) is 21.9. The molecule has 0 spiro atoms. The van der Waals surface area contributed by atoms with Gasteiger partial charge in [0.1, 0.15) is 5.60 Å². The smallest absolute Gasteiger partial charge is 0.407 e. The van der Waals surface area contributed by atoms with Gasteiger partial charge < -0.3 is 15.2 Å². The van der Waals surface area contributed by atoms with Crippen LogP contribution in [-0.2, 0) is 17.9 Å². The molecular formula is C27H27N3O3. The SMILES string of the molecule is CC(C)(C)OC(=O)NCc1ccc(-c2nc3ccnc(CO)c3cc2-c2ccccc2)cc1. The molecule has 0 aliphatic heterocycles. The van der Waals surface area contributed by atoms with E-state index in [1.54, 1.807) is 6.20 Å². The van der Waals surface area contributed by atoms with Crippen molar-refractivity contribution >= 4 is 17.0 Å². The number of amides is 1. The standard InChI is InChI=1S/C27H27N3O3/c1-27(2,3)33-26(32)29-16-18-9-11-20(12-10-18)25-21(19-7-5-4-6-8-19)15-22-23(30-25)13-14-28-24(22)17-31/h4-15,31H,16-17H2,1-3H3,(H,29,32). The van der Waals surface area contributed by atoms with E-state index in [-0.39, 0.29) is 6.61 Å². The number of rotatable bonds is 5. The summed E-state index contributed by atoms with van der Waals surface area (Å²) in [6.45, 7) is 5.73. The van der Waals surface area contributed by atoms with Crippen molar-refractivity contribution in [1.29, 1.82) is 0 Å². The first kappa shape index (κ1) is 22.4. The highest BCUT2D eigenvalue weighted by molar-refractivity contribution is 5.92. The lowest BCUT2D eigenvalue weighted by Gasteiger charge is -2.19. The fourth-order valence-electron chi connectivity index (χ4n) is 3.61. The first-order valence-electron chi connectivity index (χ1n) is 10.8. The molecule has 4 rings (SSSR count). The van der Waals surface area contributed by atoms with Gasteiger partial charge in [0.15, 0.2) is 0 Å². The molecule has 2 aromatic carbocycles. The highest BCUT2D eigenvalue weighted by Crippen LogP contribution is 2.34. The van der Waals surface area contributed by atoms with Gasteiger partial charge in [0.05, 0.1) is 23.5 Å². The molecule has 2 heterocycles. The maximum atomic E-state index is 11.9. The van der Waals surface area contributed by atoms with Crippen molar-refractivity contribution in [3.63, 3.8) is 0 Å². The number of aliphatic hydroxyl groups excluding tert-OH is 1. The normalized spacial score (nSPS) is 11.4. The second kappa shape index (κ2) is 9.38. The summed E-state index contributed by atoms with van der Waals surface area (Å²) in [5, 5.41) is 13.4. The van der Waals surface area contributed by atoms with Gasteiger partial charge in [0.2, 0.25) is 0 Å². The fraction of sp³-hybridized carbons (Fsp3) is 0.222. The lowest BCUT2D eigenvalue weighted by atomic mass is 9.96. The molecule has 33 heavy (non-hydrogen) atoms. The van der Waals surface area contributed by atoms with Gasteiger partial charge in [-0.05, 0) is 44.0 Å². The Balaban J connectivity index is 1.68. The largest absolute Gasteiger partial charge is 0.444 e. The Morgan fingerprint density at radius 3 is 2.39 bits per heavy atom. The van der Waals surface area contributed by atoms with Gasteiger partial charge in [-0.15, -0.1) is 0 Å². The molecule has 0 aliphatic rings. The van der Waals surface area contributed by atoms with Crippen LogP contribution in [0, 0.1) is 0 Å². The van der Waals surface area contributed by atoms with Crippen LogP contribution in [-0.4, -0.2) is 26.8 Å². The molecule has 0 saturated heterocycles. The highest BCUT2D eigenvalue weighted by atomic mass is 16.6. The van der Waals surface area contributed by atoms with Crippen LogP contribution < -0.4 is 5.32 Å². The predicted molar refractivity (Wildman–Crippen MR) is 129 cm³/mol. The van der Waals surface area contributed by atoms with Gasteiger partial charge in [-0.1, -0.05) is 54.6 Å². The molecule has 0 unspecified atom stereocenters. The lowest BCUT2D eigenvalue weighted by molar-refractivity contribution is 0.0523. The number of aromatic nitrogens is 2. The zero-order valence-electron chi connectivity index (χ0n) is 19.0. The maximum Gasteiger partial charge on any atom is 0.407 e. The molecule has 6 nitrogen and oxygen atoms in total. The highest BCUT2D eigenvalue weighted by Gasteiger charge is 2.16. The number of pyridine rings is 2. The summed E-state index contributed by atoms with van der Waals surface area (Å²) in [5.74, 6) is 0. The van der Waals surface area contributed by atoms with E-state index in [1.807, 2.05) is 87.5 Å². The van der Waals surface area contributed by atoms with E-state index in [0.717, 1.165) is 38.9 Å². The van der Waals surface area contributed by atoms with Gasteiger partial charge in [-0.2, -0.15) is 0 Å². The Kier molecular flexibility index (Phi) is 6.38. The summed E-state index contributed by atoms with van der Waals surface area (Å²) in [5.41, 5.74) is 5.60. The van der Waals surface area contributed by atoms with Gasteiger partial charge in [0, 0.05) is 29.3 Å². The molecule has 6 heteroatoms. The zero-order chi connectivity index (χ0) is 23.4. The van der Waals surface area contributed by atoms with E-state index in [1.165, 1.54) is 0 Å². The van der Waals surface area contributed by atoms with Crippen LogP contribution in [0.2, 0.25) is 0 Å². The number of carbonyl (C=O) groups is 1. The van der Waals surface area contributed by atoms with E-state index in [4.69, 9.17) is 9.72 Å². The van der Waals surface area contributed by atoms with Crippen LogP contribution in [0.15, 0.2) is 72.9 Å². The minimum atomic E-state index is -0.533. The molecule has 2 N–H and O–H groups in total. The summed E-state index contributed by atoms with van der Waals surface area (Å²) in [4.78, 5) is 21.2. The van der Waals surface area contributed by atoms with Gasteiger partial charge >= 0.3 is 6.09 Å². The number of hydrogen-bond acceptors (Lipinski definition) is 5. The van der Waals surface area contributed by atoms with Crippen LogP contribution >= 0.6 is 0 Å². The summed E-state index contributed by atoms with van der Waals surface area (Å²) in [7, 11) is 0. The molecule has 4 aromatic rings. The van der Waals surface area contributed by atoms with Crippen molar-refractivity contribution in [2.24, 2.45) is 0 Å². The molecule has 0 fully saturated rings. The third kappa shape index (κ3) is 5.35. The Morgan fingerprint density at radius 1 is 1.00 bits per heavy atom. The molecule has 0 aliphatic carbocycles. The molecule has 0 atom stereocenters. The van der Waals surface area contributed by atoms with Crippen molar-refractivity contribution in [3.05, 3.63) is 84.2 Å². The van der Waals surface area contributed by atoms with E-state index >= 15 is 0 Å². The molecular weight excluding hydrogens is 414 g/mol. The van der Waals surface area contributed by atoms with Crippen LogP contribution in [0.4, 0.5) is 4.79 Å². The average molecular weight is 442 g/mol. The Labute approximate surface area is 193 Å². The van der Waals surface area contributed by atoms with Gasteiger partial charge in [-0.25, -0.2) is 9.78 Å². The first-order valence-corrected chi connectivity index (χ1v) is 10.8. The topological polar surface area (TPSA) is 84.3 Å². The Morgan fingerprint density at radius 2 is 1.73 bits per heavy atom. The Hall–Kier alpha value is -3.77. The van der Waals surface area contributed by atoms with Gasteiger partial charge in [0.25, 0.3) is 0 Å². The van der Waals surface area contributed by atoms with Crippen LogP contribution in [0.25, 0.3) is 33.3 Å². The predicted octanol–water partition coefficient (Wildman–Crippen LogP) is 5.48. The van der Waals surface area contributed by atoms with Crippen LogP contribution in [0.1, 0.15) is 32.0 Å². The Bertz CT molecular complexity index is 1260. The lowest BCUT2D eigenvalue weighted by Crippen LogP contribution is -2.32. The minimum absolute atomic E-state index is 0.147. The number of nitrogens with one attached hydrogen (secondary N) is 1. The summed E-state index contributed by atoms with van der Waals surface area (Å²) in [6.07, 6.45) is 1.22. The maximum absolute atomic E-state index is 11.9. The van der Waals surface area contributed by atoms with Crippen molar-refractivity contribution < 1.29 is 14.6 Å². The number of aliphatic hydroxyl groups is 1. The van der Waals surface area contributed by atoms with Crippen LogP contribution in [0.5, 0.6) is 0 Å². The van der Waals surface area contributed by atoms with E-state index in [0.29, 0.717) is 12.2 Å². The molecule has 0 radical (unpaired) electrons. The second-order valence-electron chi connectivity index (χ2n) is 8.79. The molecule has 0 saturated carbocycles. The summed E-state index contributed by atoms with van der Waals surface area (Å²) < 4.78 is 5.29. The first-order chi connectivity index (χ1) is 15.8. The average Bonchev–Trinajstić information content (AvgIpc) is 2.81. The van der Waals surface area contributed by atoms with Crippen molar-refractivity contribution in [2.75, 3.05) is 0 Å². The van der Waals surface area contributed by atoms with Crippen molar-refractivity contribution in [1.82, 2.24) is 15.3 Å². The number of ether oxygens (including phenoxy) is 1. The number of alkyl carbamates (subject to hydrolysis) is 1. The monoisotopic (exact) mass is 441 g/mol. The number of fused-ring (bicyclic) bond motifs is 1. The van der Waals surface area contributed by atoms with Crippen molar-refractivity contribution in [2.45, 2.75) is 39.5 Å². The van der Waals surface area contributed by atoms with E-state index in [2.05, 4.69) is 10.3 Å². The van der Waals surface area contributed by atoms with Gasteiger partial charge in [-0.3, -0.25) is 4.98 Å². The molecule has 2 aromatic heterocycles. The molecule has 1 amide bonds. The zero-order valence-corrected chi connectivity index (χ0v) is 19.0. The van der Waals surface area contributed by atoms with Crippen LogP contribution in [0.3, 0.4) is 0 Å². The van der Waals surface area contributed by atoms with Crippen molar-refractivity contribution in [3.8, 4) is 22.4 Å².